The zero-order valence-electron chi connectivity index (χ0n) is 12.4. The maximum absolute atomic E-state index is 12.8. The van der Waals surface area contributed by atoms with Crippen LogP contribution in [0.15, 0.2) is 18.3 Å². The number of nitrogens with one attached hydrogen (secondary N) is 1. The van der Waals surface area contributed by atoms with Gasteiger partial charge in [-0.05, 0) is 13.0 Å². The first kappa shape index (κ1) is 17.5. The highest BCUT2D eigenvalue weighted by Crippen LogP contribution is 2.23. The molecule has 1 aliphatic heterocycles. The van der Waals surface area contributed by atoms with Gasteiger partial charge >= 0.3 is 12.3 Å². The van der Waals surface area contributed by atoms with Crippen LogP contribution in [-0.4, -0.2) is 60.4 Å². The second kappa shape index (κ2) is 7.12. The molecule has 1 aromatic heterocycles. The second-order valence-electron chi connectivity index (χ2n) is 5.29. The van der Waals surface area contributed by atoms with Crippen molar-refractivity contribution in [2.24, 2.45) is 0 Å². The molecule has 23 heavy (non-hydrogen) atoms. The molecule has 1 amide bonds. The number of carbonyl (C=O) groups excluding carboxylic acids is 1. The number of pyridine rings is 1. The van der Waals surface area contributed by atoms with Crippen molar-refractivity contribution in [3.63, 3.8) is 0 Å². The van der Waals surface area contributed by atoms with E-state index in [1.54, 1.807) is 4.90 Å². The molecule has 1 aliphatic rings. The van der Waals surface area contributed by atoms with Crippen LogP contribution in [0.5, 0.6) is 5.88 Å². The fraction of sp³-hybridized carbons (Fsp3) is 0.571. The van der Waals surface area contributed by atoms with Crippen LogP contribution in [-0.2, 0) is 0 Å². The van der Waals surface area contributed by atoms with Crippen LogP contribution in [0, 0.1) is 0 Å². The average molecular weight is 335 g/mol. The third-order valence-corrected chi connectivity index (χ3v) is 3.48. The fourth-order valence-electron chi connectivity index (χ4n) is 2.13. The molecule has 0 aliphatic carbocycles. The maximum atomic E-state index is 12.8. The lowest BCUT2D eigenvalue weighted by atomic mass is 10.1. The van der Waals surface area contributed by atoms with Gasteiger partial charge in [0, 0.05) is 37.9 Å². The van der Waals surface area contributed by atoms with Crippen LogP contribution in [0.25, 0.3) is 0 Å². The number of hydrogen-bond acceptors (Lipinski definition) is 4. The minimum absolute atomic E-state index is 0.0249. The summed E-state index contributed by atoms with van der Waals surface area (Å²) in [6, 6.07) is 2.61. The molecule has 2 heterocycles. The molecule has 128 valence electrons. The van der Waals surface area contributed by atoms with Crippen molar-refractivity contribution in [3.8, 4) is 5.88 Å². The van der Waals surface area contributed by atoms with Crippen LogP contribution >= 0.6 is 0 Å². The van der Waals surface area contributed by atoms with E-state index in [1.165, 1.54) is 18.3 Å². The van der Waals surface area contributed by atoms with E-state index in [1.807, 2.05) is 6.92 Å². The quantitative estimate of drug-likeness (QED) is 0.834. The highest BCUT2D eigenvalue weighted by molar-refractivity contribution is 5.94. The fourth-order valence-corrected chi connectivity index (χ4v) is 2.13. The van der Waals surface area contributed by atoms with E-state index in [4.69, 9.17) is 0 Å². The van der Waals surface area contributed by atoms with E-state index in [2.05, 4.69) is 15.0 Å². The summed E-state index contributed by atoms with van der Waals surface area (Å²) in [6.45, 7) is 2.36. The Bertz CT molecular complexity index is 539. The molecule has 1 aromatic rings. The molecule has 0 radical (unpaired) electrons. The summed E-state index contributed by atoms with van der Waals surface area (Å²) in [5.41, 5.74) is 0.284. The van der Waals surface area contributed by atoms with Crippen molar-refractivity contribution in [1.29, 1.82) is 0 Å². The molecular weight excluding hydrogens is 318 g/mol. The van der Waals surface area contributed by atoms with Gasteiger partial charge in [0.05, 0.1) is 5.56 Å². The van der Waals surface area contributed by atoms with Crippen LogP contribution in [0.2, 0.25) is 0 Å². The molecule has 5 nitrogen and oxygen atoms in total. The van der Waals surface area contributed by atoms with E-state index in [0.717, 1.165) is 0 Å². The molecule has 9 heteroatoms. The van der Waals surface area contributed by atoms with E-state index in [-0.39, 0.29) is 23.4 Å². The van der Waals surface area contributed by atoms with Gasteiger partial charge in [0.1, 0.15) is 0 Å². The Kier molecular flexibility index (Phi) is 5.40. The number of nitrogens with zero attached hydrogens (tertiary/aromatic N) is 2. The van der Waals surface area contributed by atoms with Crippen LogP contribution < -0.4 is 10.1 Å². The van der Waals surface area contributed by atoms with Gasteiger partial charge in [-0.2, -0.15) is 8.78 Å². The highest BCUT2D eigenvalue weighted by Gasteiger charge is 2.41. The van der Waals surface area contributed by atoms with E-state index < -0.39 is 19.0 Å². The minimum Gasteiger partial charge on any atom is -0.471 e. The first-order chi connectivity index (χ1) is 10.8. The molecule has 1 fully saturated rings. The Morgan fingerprint density at radius 3 is 2.83 bits per heavy atom. The Morgan fingerprint density at radius 2 is 2.26 bits per heavy atom. The zero-order chi connectivity index (χ0) is 17.0. The predicted octanol–water partition coefficient (Wildman–Crippen LogP) is 1.79. The number of carbonyl (C=O) groups is 1. The standard InChI is InChI=1S/C14H17F4N3O2/c1-9-6-19-4-5-21(9)12(22)10-2-3-11(20-7-10)23-8-14(17,18)13(15)16/h2-3,7,9,13,19H,4-6,8H2,1H3. The zero-order valence-corrected chi connectivity index (χ0v) is 12.4. The maximum Gasteiger partial charge on any atom is 0.340 e. The Balaban J connectivity index is 1.97. The van der Waals surface area contributed by atoms with Gasteiger partial charge in [0.2, 0.25) is 5.88 Å². The first-order valence-electron chi connectivity index (χ1n) is 7.08. The molecule has 1 N–H and O–H groups in total. The summed E-state index contributed by atoms with van der Waals surface area (Å²) < 4.78 is 54.1. The lowest BCUT2D eigenvalue weighted by Gasteiger charge is -2.33. The minimum atomic E-state index is -4.24. The highest BCUT2D eigenvalue weighted by atomic mass is 19.3. The molecule has 0 aromatic carbocycles. The third kappa shape index (κ3) is 4.31. The number of aromatic nitrogens is 1. The van der Waals surface area contributed by atoms with Gasteiger partial charge in [-0.15, -0.1) is 0 Å². The number of amides is 1. The Morgan fingerprint density at radius 1 is 1.52 bits per heavy atom. The molecular formula is C14H17F4N3O2. The summed E-state index contributed by atoms with van der Waals surface area (Å²) in [4.78, 5) is 17.7. The van der Waals surface area contributed by atoms with Crippen LogP contribution in [0.4, 0.5) is 17.6 Å². The molecule has 1 unspecified atom stereocenters. The summed E-state index contributed by atoms with van der Waals surface area (Å²) in [7, 11) is 0. The largest absolute Gasteiger partial charge is 0.471 e. The molecule has 0 spiro atoms. The van der Waals surface area contributed by atoms with Crippen molar-refractivity contribution >= 4 is 5.91 Å². The number of ether oxygens (including phenoxy) is 1. The van der Waals surface area contributed by atoms with Crippen molar-refractivity contribution in [3.05, 3.63) is 23.9 Å². The van der Waals surface area contributed by atoms with Gasteiger partial charge in [0.15, 0.2) is 6.61 Å². The van der Waals surface area contributed by atoms with Crippen LogP contribution in [0.1, 0.15) is 17.3 Å². The van der Waals surface area contributed by atoms with Crippen molar-refractivity contribution < 1.29 is 27.1 Å². The number of hydrogen-bond donors (Lipinski definition) is 1. The summed E-state index contributed by atoms with van der Waals surface area (Å²) in [6.07, 6.45) is -2.62. The predicted molar refractivity (Wildman–Crippen MR) is 74.1 cm³/mol. The molecule has 2 rings (SSSR count). The average Bonchev–Trinajstić information content (AvgIpc) is 2.53. The van der Waals surface area contributed by atoms with Crippen LogP contribution in [0.3, 0.4) is 0 Å². The van der Waals surface area contributed by atoms with Gasteiger partial charge in [-0.25, -0.2) is 13.8 Å². The normalized spacial score (nSPS) is 19.0. The lowest BCUT2D eigenvalue weighted by Crippen LogP contribution is -2.52. The van der Waals surface area contributed by atoms with Gasteiger partial charge in [-0.3, -0.25) is 4.79 Å². The molecule has 0 bridgehead atoms. The lowest BCUT2D eigenvalue weighted by molar-refractivity contribution is -0.148. The van der Waals surface area contributed by atoms with Crippen molar-refractivity contribution in [2.75, 3.05) is 26.2 Å². The summed E-state index contributed by atoms with van der Waals surface area (Å²) >= 11 is 0. The number of halogens is 4. The van der Waals surface area contributed by atoms with Crippen molar-refractivity contribution in [2.45, 2.75) is 25.3 Å². The first-order valence-corrected chi connectivity index (χ1v) is 7.08. The molecule has 0 saturated carbocycles. The Hall–Kier alpha value is -1.90. The smallest absolute Gasteiger partial charge is 0.340 e. The van der Waals surface area contributed by atoms with Crippen molar-refractivity contribution in [1.82, 2.24) is 15.2 Å². The van der Waals surface area contributed by atoms with Gasteiger partial charge in [0.25, 0.3) is 5.91 Å². The topological polar surface area (TPSA) is 54.5 Å². The third-order valence-electron chi connectivity index (χ3n) is 3.48. The van der Waals surface area contributed by atoms with E-state index in [9.17, 15) is 22.4 Å². The number of piperazine rings is 1. The SMILES string of the molecule is CC1CNCCN1C(=O)c1ccc(OCC(F)(F)C(F)F)nc1. The summed E-state index contributed by atoms with van der Waals surface area (Å²) in [5.74, 6) is -4.71. The van der Waals surface area contributed by atoms with E-state index >= 15 is 0 Å². The Labute approximate surface area is 130 Å². The molecule has 1 saturated heterocycles. The molecule has 1 atom stereocenters. The summed E-state index contributed by atoms with van der Waals surface area (Å²) in [5, 5.41) is 3.16. The van der Waals surface area contributed by atoms with Gasteiger partial charge < -0.3 is 15.0 Å². The number of alkyl halides is 4. The second-order valence-corrected chi connectivity index (χ2v) is 5.29. The van der Waals surface area contributed by atoms with Gasteiger partial charge in [-0.1, -0.05) is 0 Å². The van der Waals surface area contributed by atoms with E-state index in [0.29, 0.717) is 19.6 Å². The number of rotatable bonds is 5. The monoisotopic (exact) mass is 335 g/mol.